The summed E-state index contributed by atoms with van der Waals surface area (Å²) in [6, 6.07) is 7.51. The van der Waals surface area contributed by atoms with Gasteiger partial charge in [0.15, 0.2) is 0 Å². The molecule has 0 radical (unpaired) electrons. The first kappa shape index (κ1) is 13.6. The van der Waals surface area contributed by atoms with Crippen LogP contribution in [0, 0.1) is 0 Å². The minimum Gasteiger partial charge on any atom is -0.423 e. The third kappa shape index (κ3) is 2.26. The van der Waals surface area contributed by atoms with Gasteiger partial charge in [-0.1, -0.05) is 32.9 Å². The van der Waals surface area contributed by atoms with Gasteiger partial charge in [0.05, 0.1) is 10.9 Å². The molecule has 3 aromatic rings. The number of hydrogen-bond donors (Lipinski definition) is 0. The molecular weight excluding hydrogens is 268 g/mol. The fraction of sp³-hybridized carbons (Fsp3) is 0.400. The second kappa shape index (κ2) is 4.58. The first-order valence-corrected chi connectivity index (χ1v) is 6.85. The summed E-state index contributed by atoms with van der Waals surface area (Å²) in [5, 5.41) is 8.86. The lowest BCUT2D eigenvalue weighted by Crippen LogP contribution is -2.19. The zero-order valence-corrected chi connectivity index (χ0v) is 12.6. The molecule has 2 aromatic heterocycles. The molecule has 110 valence electrons. The Bertz CT molecular complexity index is 849. The minimum atomic E-state index is -0.185. The quantitative estimate of drug-likeness (QED) is 0.723. The summed E-state index contributed by atoms with van der Waals surface area (Å²) in [5.41, 5.74) is 0.650. The Labute approximate surface area is 122 Å². The normalized spacial score (nSPS) is 12.2. The van der Waals surface area contributed by atoms with E-state index < -0.39 is 0 Å². The van der Waals surface area contributed by atoms with Gasteiger partial charge in [0.25, 0.3) is 5.56 Å². The van der Waals surface area contributed by atoms with Crippen LogP contribution in [0.4, 0.5) is 0 Å². The van der Waals surface area contributed by atoms with Gasteiger partial charge in [0.2, 0.25) is 11.8 Å². The molecule has 0 fully saturated rings. The molecule has 2 heterocycles. The molecule has 0 aliphatic carbocycles. The first-order chi connectivity index (χ1) is 9.88. The van der Waals surface area contributed by atoms with Crippen molar-refractivity contribution in [3.8, 4) is 0 Å². The van der Waals surface area contributed by atoms with Crippen molar-refractivity contribution in [2.75, 3.05) is 0 Å². The molecule has 0 N–H and O–H groups in total. The van der Waals surface area contributed by atoms with E-state index in [-0.39, 0.29) is 11.0 Å². The van der Waals surface area contributed by atoms with E-state index in [4.69, 9.17) is 4.42 Å². The molecule has 0 bridgehead atoms. The van der Waals surface area contributed by atoms with E-state index in [1.807, 2.05) is 49.7 Å². The predicted molar refractivity (Wildman–Crippen MR) is 79.3 cm³/mol. The van der Waals surface area contributed by atoms with Crippen molar-refractivity contribution >= 4 is 10.9 Å². The molecule has 0 aliphatic rings. The van der Waals surface area contributed by atoms with Crippen LogP contribution in [0.1, 0.15) is 32.6 Å². The highest BCUT2D eigenvalue weighted by Crippen LogP contribution is 2.21. The van der Waals surface area contributed by atoms with Crippen LogP contribution in [0.15, 0.2) is 33.5 Å². The van der Waals surface area contributed by atoms with Gasteiger partial charge in [0.1, 0.15) is 6.54 Å². The topological polar surface area (TPSA) is 65.8 Å². The molecule has 0 spiro atoms. The molecule has 0 aliphatic heterocycles. The van der Waals surface area contributed by atoms with Crippen LogP contribution in [0.2, 0.25) is 0 Å². The van der Waals surface area contributed by atoms with Crippen LogP contribution in [0.25, 0.3) is 10.9 Å². The summed E-state index contributed by atoms with van der Waals surface area (Å²) in [4.78, 5) is 12.2. The van der Waals surface area contributed by atoms with Crippen LogP contribution in [-0.4, -0.2) is 19.6 Å². The van der Waals surface area contributed by atoms with Crippen molar-refractivity contribution in [1.82, 2.24) is 19.6 Å². The highest BCUT2D eigenvalue weighted by Gasteiger charge is 2.22. The van der Waals surface area contributed by atoms with Crippen LogP contribution in [0.3, 0.4) is 0 Å². The number of para-hydroxylation sites is 1. The summed E-state index contributed by atoms with van der Waals surface area (Å²) < 4.78 is 9.13. The molecular formula is C15H18N4O2. The average molecular weight is 286 g/mol. The maximum Gasteiger partial charge on any atom is 0.274 e. The molecule has 0 saturated carbocycles. The van der Waals surface area contributed by atoms with E-state index >= 15 is 0 Å². The van der Waals surface area contributed by atoms with Crippen LogP contribution < -0.4 is 5.56 Å². The van der Waals surface area contributed by atoms with Gasteiger partial charge in [-0.15, -0.1) is 10.2 Å². The standard InChI is InChI=1S/C15H18N4O2/c1-15(2,3)14-17-16-12(21-14)9-19-11-8-6-5-7-10(11)13(20)18(19)4/h5-8H,9H2,1-4H3. The third-order valence-electron chi connectivity index (χ3n) is 3.46. The van der Waals surface area contributed by atoms with Crippen LogP contribution in [-0.2, 0) is 19.0 Å². The van der Waals surface area contributed by atoms with Crippen molar-refractivity contribution < 1.29 is 4.42 Å². The number of hydrogen-bond acceptors (Lipinski definition) is 4. The molecule has 0 saturated heterocycles. The van der Waals surface area contributed by atoms with Crippen molar-refractivity contribution in [3.05, 3.63) is 46.4 Å². The van der Waals surface area contributed by atoms with Crippen molar-refractivity contribution in [2.45, 2.75) is 32.7 Å². The van der Waals surface area contributed by atoms with Gasteiger partial charge in [0, 0.05) is 12.5 Å². The van der Waals surface area contributed by atoms with E-state index in [0.29, 0.717) is 23.7 Å². The number of aromatic nitrogens is 4. The molecule has 0 atom stereocenters. The fourth-order valence-electron chi connectivity index (χ4n) is 2.27. The van der Waals surface area contributed by atoms with E-state index in [0.717, 1.165) is 5.52 Å². The zero-order chi connectivity index (χ0) is 15.2. The van der Waals surface area contributed by atoms with Crippen LogP contribution >= 0.6 is 0 Å². The summed E-state index contributed by atoms with van der Waals surface area (Å²) in [5.74, 6) is 1.09. The number of rotatable bonds is 2. The highest BCUT2D eigenvalue weighted by atomic mass is 16.4. The SMILES string of the molecule is Cn1c(=O)c2ccccc2n1Cc1nnc(C(C)(C)C)o1. The number of benzene rings is 1. The summed E-state index contributed by atoms with van der Waals surface area (Å²) in [6.07, 6.45) is 0. The molecule has 21 heavy (non-hydrogen) atoms. The summed E-state index contributed by atoms with van der Waals surface area (Å²) in [7, 11) is 1.74. The van der Waals surface area contributed by atoms with Gasteiger partial charge in [-0.05, 0) is 12.1 Å². The second-order valence-corrected chi connectivity index (χ2v) is 6.15. The highest BCUT2D eigenvalue weighted by molar-refractivity contribution is 5.78. The van der Waals surface area contributed by atoms with E-state index in [9.17, 15) is 4.79 Å². The Hall–Kier alpha value is -2.37. The lowest BCUT2D eigenvalue weighted by molar-refractivity contribution is 0.359. The smallest absolute Gasteiger partial charge is 0.274 e. The van der Waals surface area contributed by atoms with Gasteiger partial charge in [-0.2, -0.15) is 0 Å². The lowest BCUT2D eigenvalue weighted by Gasteiger charge is -2.11. The molecule has 1 aromatic carbocycles. The van der Waals surface area contributed by atoms with E-state index in [2.05, 4.69) is 10.2 Å². The summed E-state index contributed by atoms with van der Waals surface area (Å²) >= 11 is 0. The Morgan fingerprint density at radius 1 is 1.19 bits per heavy atom. The minimum absolute atomic E-state index is 0.0267. The van der Waals surface area contributed by atoms with Gasteiger partial charge in [-0.25, -0.2) is 0 Å². The Morgan fingerprint density at radius 2 is 1.90 bits per heavy atom. The second-order valence-electron chi connectivity index (χ2n) is 6.15. The fourth-order valence-corrected chi connectivity index (χ4v) is 2.27. The maximum absolute atomic E-state index is 12.2. The molecule has 0 unspecified atom stereocenters. The maximum atomic E-state index is 12.2. The van der Waals surface area contributed by atoms with E-state index in [1.165, 1.54) is 0 Å². The van der Waals surface area contributed by atoms with Gasteiger partial charge >= 0.3 is 0 Å². The molecule has 6 heteroatoms. The Morgan fingerprint density at radius 3 is 2.57 bits per heavy atom. The van der Waals surface area contributed by atoms with Crippen molar-refractivity contribution in [3.63, 3.8) is 0 Å². The average Bonchev–Trinajstić information content (AvgIpc) is 2.99. The first-order valence-electron chi connectivity index (χ1n) is 6.85. The molecule has 3 rings (SSSR count). The van der Waals surface area contributed by atoms with E-state index in [1.54, 1.807) is 11.7 Å². The largest absolute Gasteiger partial charge is 0.423 e. The predicted octanol–water partition coefficient (Wildman–Crippen LogP) is 2.07. The third-order valence-corrected chi connectivity index (χ3v) is 3.46. The van der Waals surface area contributed by atoms with Crippen LogP contribution in [0.5, 0.6) is 0 Å². The number of fused-ring (bicyclic) bond motifs is 1. The lowest BCUT2D eigenvalue weighted by atomic mass is 9.97. The van der Waals surface area contributed by atoms with Gasteiger partial charge in [-0.3, -0.25) is 14.2 Å². The summed E-state index contributed by atoms with van der Waals surface area (Å²) in [6.45, 7) is 6.43. The van der Waals surface area contributed by atoms with Crippen molar-refractivity contribution in [1.29, 1.82) is 0 Å². The van der Waals surface area contributed by atoms with Gasteiger partial charge < -0.3 is 4.42 Å². The molecule has 6 nitrogen and oxygen atoms in total. The zero-order valence-electron chi connectivity index (χ0n) is 12.6. The monoisotopic (exact) mass is 286 g/mol. The Kier molecular flexibility index (Phi) is 2.97. The number of nitrogens with zero attached hydrogens (tertiary/aromatic N) is 4. The van der Waals surface area contributed by atoms with Crippen molar-refractivity contribution in [2.24, 2.45) is 7.05 Å². The Balaban J connectivity index is 2.05. The molecule has 0 amide bonds.